The third-order valence-electron chi connectivity index (χ3n) is 6.63. The van der Waals surface area contributed by atoms with Crippen LogP contribution in [0, 0.1) is 11.8 Å². The van der Waals surface area contributed by atoms with E-state index in [2.05, 4.69) is 0 Å². The Morgan fingerprint density at radius 3 is 1.00 bits per heavy atom. The third-order valence-corrected chi connectivity index (χ3v) is 6.63. The molecule has 0 spiro atoms. The van der Waals surface area contributed by atoms with Gasteiger partial charge in [-0.2, -0.15) is 0 Å². The summed E-state index contributed by atoms with van der Waals surface area (Å²) in [6, 6.07) is 34.9. The van der Waals surface area contributed by atoms with Crippen LogP contribution in [0.3, 0.4) is 0 Å². The molecule has 4 aromatic rings. The average molecular weight is 473 g/mol. The predicted molar refractivity (Wildman–Crippen MR) is 142 cm³/mol. The van der Waals surface area contributed by atoms with Crippen molar-refractivity contribution < 1.29 is 19.8 Å². The quantitative estimate of drug-likeness (QED) is 0.320. The van der Waals surface area contributed by atoms with E-state index in [1.807, 2.05) is 109 Å². The maximum Gasteiger partial charge on any atom is 0.312 e. The summed E-state index contributed by atoms with van der Waals surface area (Å²) in [6.07, 6.45) is 3.49. The molecule has 0 aromatic heterocycles. The second-order valence-electron chi connectivity index (χ2n) is 8.76. The minimum Gasteiger partial charge on any atom is -0.481 e. The van der Waals surface area contributed by atoms with Crippen molar-refractivity contribution in [2.45, 2.75) is 0 Å². The molecule has 0 heterocycles. The van der Waals surface area contributed by atoms with Gasteiger partial charge in [0, 0.05) is 0 Å². The molecule has 0 radical (unpaired) electrons. The minimum atomic E-state index is -1.21. The molecule has 0 bridgehead atoms. The van der Waals surface area contributed by atoms with Crippen LogP contribution in [-0.4, -0.2) is 22.2 Å². The third kappa shape index (κ3) is 4.49. The number of benzene rings is 4. The first-order chi connectivity index (χ1) is 17.5. The summed E-state index contributed by atoms with van der Waals surface area (Å²) < 4.78 is 0. The molecule has 2 N–H and O–H groups in total. The molecule has 0 amide bonds. The summed E-state index contributed by atoms with van der Waals surface area (Å²) in [5, 5.41) is 20.3. The lowest BCUT2D eigenvalue weighted by molar-refractivity contribution is -0.149. The first-order valence-corrected chi connectivity index (χ1v) is 11.7. The van der Waals surface area contributed by atoms with Crippen molar-refractivity contribution >= 4 is 23.1 Å². The van der Waals surface area contributed by atoms with E-state index in [1.54, 1.807) is 12.2 Å². The zero-order chi connectivity index (χ0) is 25.1. The minimum absolute atomic E-state index is 0.485. The number of carboxylic acid groups (broad SMARTS) is 2. The molecule has 0 unspecified atom stereocenters. The maximum atomic E-state index is 12.4. The standard InChI is InChI=1S/C32H24O4/c33-31(34)29-27(25-15-11-23(12-16-25)21-7-3-1-4-8-21)19-20-28(30(29)32(35)36)26-17-13-24(14-18-26)22-9-5-2-6-10-22/h1-20,29-30H,(H,33,34)(H,35,36)/t29-,30-/m0/s1. The van der Waals surface area contributed by atoms with Crippen LogP contribution in [0.15, 0.2) is 121 Å². The maximum absolute atomic E-state index is 12.4. The van der Waals surface area contributed by atoms with Gasteiger partial charge < -0.3 is 10.2 Å². The van der Waals surface area contributed by atoms with Gasteiger partial charge in [-0.15, -0.1) is 0 Å². The molecule has 1 aliphatic carbocycles. The average Bonchev–Trinajstić information content (AvgIpc) is 2.93. The first kappa shape index (κ1) is 23.1. The van der Waals surface area contributed by atoms with E-state index in [-0.39, 0.29) is 0 Å². The molecule has 36 heavy (non-hydrogen) atoms. The highest BCUT2D eigenvalue weighted by Crippen LogP contribution is 2.42. The Balaban J connectivity index is 1.53. The van der Waals surface area contributed by atoms with Crippen molar-refractivity contribution in [2.24, 2.45) is 11.8 Å². The number of rotatable bonds is 6. The molecule has 0 saturated heterocycles. The lowest BCUT2D eigenvalue weighted by Gasteiger charge is -2.29. The van der Waals surface area contributed by atoms with Crippen LogP contribution >= 0.6 is 0 Å². The van der Waals surface area contributed by atoms with Crippen molar-refractivity contribution in [3.8, 4) is 22.3 Å². The van der Waals surface area contributed by atoms with Crippen LogP contribution in [0.1, 0.15) is 11.1 Å². The Morgan fingerprint density at radius 1 is 0.417 bits per heavy atom. The lowest BCUT2D eigenvalue weighted by atomic mass is 9.73. The molecular weight excluding hydrogens is 448 g/mol. The summed E-state index contributed by atoms with van der Waals surface area (Å²) in [5.74, 6) is -4.74. The van der Waals surface area contributed by atoms with E-state index in [0.29, 0.717) is 22.3 Å². The monoisotopic (exact) mass is 472 g/mol. The summed E-state index contributed by atoms with van der Waals surface area (Å²) in [7, 11) is 0. The molecule has 1 aliphatic rings. The smallest absolute Gasteiger partial charge is 0.312 e. The molecular formula is C32H24O4. The normalized spacial score (nSPS) is 17.1. The number of aliphatic carboxylic acids is 2. The Morgan fingerprint density at radius 2 is 0.694 bits per heavy atom. The van der Waals surface area contributed by atoms with Gasteiger partial charge in [0.05, 0.1) is 11.8 Å². The number of carbonyl (C=O) groups is 2. The zero-order valence-corrected chi connectivity index (χ0v) is 19.4. The summed E-state index contributed by atoms with van der Waals surface area (Å²) >= 11 is 0. The largest absolute Gasteiger partial charge is 0.481 e. The van der Waals surface area contributed by atoms with Crippen LogP contribution in [0.5, 0.6) is 0 Å². The van der Waals surface area contributed by atoms with E-state index in [4.69, 9.17) is 0 Å². The molecule has 4 nitrogen and oxygen atoms in total. The van der Waals surface area contributed by atoms with E-state index >= 15 is 0 Å². The lowest BCUT2D eigenvalue weighted by Crippen LogP contribution is -2.33. The number of hydrogen-bond acceptors (Lipinski definition) is 2. The highest BCUT2D eigenvalue weighted by Gasteiger charge is 2.41. The van der Waals surface area contributed by atoms with Crippen LogP contribution in [0.2, 0.25) is 0 Å². The summed E-state index contributed by atoms with van der Waals surface area (Å²) in [5.41, 5.74) is 6.49. The SMILES string of the molecule is O=C(O)[C@H]1C(c2ccc(-c3ccccc3)cc2)=CC=C(c2ccc(-c3ccccc3)cc2)[C@@H]1C(=O)O. The fraction of sp³-hybridized carbons (Fsp3) is 0.0625. The van der Waals surface area contributed by atoms with E-state index in [0.717, 1.165) is 22.3 Å². The Labute approximate surface area is 209 Å². The van der Waals surface area contributed by atoms with Gasteiger partial charge in [0.15, 0.2) is 0 Å². The molecule has 0 saturated carbocycles. The highest BCUT2D eigenvalue weighted by atomic mass is 16.4. The van der Waals surface area contributed by atoms with Crippen LogP contribution in [0.4, 0.5) is 0 Å². The zero-order valence-electron chi connectivity index (χ0n) is 19.4. The second-order valence-corrected chi connectivity index (χ2v) is 8.76. The van der Waals surface area contributed by atoms with Crippen molar-refractivity contribution in [3.05, 3.63) is 132 Å². The predicted octanol–water partition coefficient (Wildman–Crippen LogP) is 6.90. The molecule has 0 fully saturated rings. The second kappa shape index (κ2) is 9.88. The van der Waals surface area contributed by atoms with Gasteiger partial charge in [-0.05, 0) is 44.5 Å². The molecule has 176 valence electrons. The van der Waals surface area contributed by atoms with Gasteiger partial charge in [-0.25, -0.2) is 0 Å². The molecule has 2 atom stereocenters. The van der Waals surface area contributed by atoms with Gasteiger partial charge in [-0.3, -0.25) is 9.59 Å². The van der Waals surface area contributed by atoms with Gasteiger partial charge in [0.2, 0.25) is 0 Å². The number of carboxylic acids is 2. The van der Waals surface area contributed by atoms with Gasteiger partial charge in [0.1, 0.15) is 0 Å². The fourth-order valence-corrected chi connectivity index (χ4v) is 4.82. The molecule has 4 heteroatoms. The topological polar surface area (TPSA) is 74.6 Å². The molecule has 0 aliphatic heterocycles. The molecule has 4 aromatic carbocycles. The highest BCUT2D eigenvalue weighted by molar-refractivity contribution is 6.02. The van der Waals surface area contributed by atoms with Crippen LogP contribution < -0.4 is 0 Å². The molecule has 5 rings (SSSR count). The summed E-state index contributed by atoms with van der Waals surface area (Å²) in [4.78, 5) is 24.9. The van der Waals surface area contributed by atoms with Crippen LogP contribution in [0.25, 0.3) is 33.4 Å². The van der Waals surface area contributed by atoms with Gasteiger partial charge in [-0.1, -0.05) is 121 Å². The first-order valence-electron chi connectivity index (χ1n) is 11.7. The Kier molecular flexibility index (Phi) is 6.33. The van der Waals surface area contributed by atoms with Crippen molar-refractivity contribution in [2.75, 3.05) is 0 Å². The summed E-state index contributed by atoms with van der Waals surface area (Å²) in [6.45, 7) is 0. The van der Waals surface area contributed by atoms with Gasteiger partial charge in [0.25, 0.3) is 0 Å². The number of hydrogen-bond donors (Lipinski definition) is 2. The van der Waals surface area contributed by atoms with E-state index < -0.39 is 23.8 Å². The van der Waals surface area contributed by atoms with Crippen molar-refractivity contribution in [1.29, 1.82) is 0 Å². The Hall–Kier alpha value is -4.70. The Bertz CT molecular complexity index is 1330. The van der Waals surface area contributed by atoms with E-state index in [9.17, 15) is 19.8 Å². The van der Waals surface area contributed by atoms with Gasteiger partial charge >= 0.3 is 11.9 Å². The number of allylic oxidation sites excluding steroid dienone is 2. The van der Waals surface area contributed by atoms with E-state index in [1.165, 1.54) is 0 Å². The fourth-order valence-electron chi connectivity index (χ4n) is 4.82. The van der Waals surface area contributed by atoms with Crippen LogP contribution in [-0.2, 0) is 9.59 Å². The van der Waals surface area contributed by atoms with Crippen molar-refractivity contribution in [1.82, 2.24) is 0 Å². The van der Waals surface area contributed by atoms with Crippen molar-refractivity contribution in [3.63, 3.8) is 0 Å².